The molecule has 0 aliphatic rings. The van der Waals surface area contributed by atoms with Crippen LogP contribution in [0.2, 0.25) is 0 Å². The average molecular weight is 178 g/mol. The van der Waals surface area contributed by atoms with Crippen LogP contribution >= 0.6 is 0 Å². The van der Waals surface area contributed by atoms with Crippen molar-refractivity contribution in [1.29, 1.82) is 0 Å². The maximum atomic E-state index is 9.73. The van der Waals surface area contributed by atoms with E-state index in [9.17, 15) is 5.11 Å². The summed E-state index contributed by atoms with van der Waals surface area (Å²) in [6.45, 7) is 5.51. The van der Waals surface area contributed by atoms with Crippen molar-refractivity contribution in [3.63, 3.8) is 0 Å². The van der Waals surface area contributed by atoms with Crippen LogP contribution in [0.1, 0.15) is 18.6 Å². The molecular weight excluding hydrogens is 164 g/mol. The lowest BCUT2D eigenvalue weighted by Crippen LogP contribution is -2.05. The molecule has 70 valence electrons. The molecule has 0 saturated carbocycles. The largest absolute Gasteiger partial charge is 0.508 e. The van der Waals surface area contributed by atoms with Crippen LogP contribution in [0.5, 0.6) is 5.75 Å². The summed E-state index contributed by atoms with van der Waals surface area (Å²) in [5.74, 6) is 0.228. The number of benzene rings is 1. The van der Waals surface area contributed by atoms with Gasteiger partial charge in [-0.2, -0.15) is 0 Å². The third-order valence-electron chi connectivity index (χ3n) is 2.10. The van der Waals surface area contributed by atoms with Gasteiger partial charge in [-0.1, -0.05) is 25.1 Å². The van der Waals surface area contributed by atoms with Gasteiger partial charge in [0.25, 0.3) is 0 Å². The molecule has 0 radical (unpaired) electrons. The van der Waals surface area contributed by atoms with E-state index in [4.69, 9.17) is 5.11 Å². The van der Waals surface area contributed by atoms with Crippen LogP contribution in [0.4, 0.5) is 0 Å². The smallest absolute Gasteiger partial charge is 0.115 e. The number of rotatable bonds is 3. The maximum absolute atomic E-state index is 9.73. The second-order valence-corrected chi connectivity index (χ2v) is 3.13. The Bertz CT molecular complexity index is 277. The van der Waals surface area contributed by atoms with E-state index in [0.717, 1.165) is 5.56 Å². The SMILES string of the molecule is C=CC(C)C(O)c1ccc(O)cc1. The fourth-order valence-corrected chi connectivity index (χ4v) is 1.10. The van der Waals surface area contributed by atoms with Gasteiger partial charge in [0.15, 0.2) is 0 Å². The molecule has 13 heavy (non-hydrogen) atoms. The van der Waals surface area contributed by atoms with Crippen LogP contribution in [-0.4, -0.2) is 10.2 Å². The zero-order chi connectivity index (χ0) is 9.84. The zero-order valence-corrected chi connectivity index (χ0v) is 7.64. The van der Waals surface area contributed by atoms with Gasteiger partial charge in [-0.05, 0) is 17.7 Å². The summed E-state index contributed by atoms with van der Waals surface area (Å²) in [5.41, 5.74) is 0.796. The molecule has 0 bridgehead atoms. The van der Waals surface area contributed by atoms with E-state index in [1.807, 2.05) is 6.92 Å². The minimum absolute atomic E-state index is 0.0181. The summed E-state index contributed by atoms with van der Waals surface area (Å²) in [6, 6.07) is 6.54. The van der Waals surface area contributed by atoms with Crippen molar-refractivity contribution in [2.45, 2.75) is 13.0 Å². The normalized spacial score (nSPS) is 14.9. The second kappa shape index (κ2) is 4.10. The standard InChI is InChI=1S/C11H14O2/c1-3-8(2)11(13)9-4-6-10(12)7-5-9/h3-8,11-13H,1H2,2H3. The van der Waals surface area contributed by atoms with Crippen LogP contribution in [0.3, 0.4) is 0 Å². The van der Waals surface area contributed by atoms with Crippen molar-refractivity contribution in [3.8, 4) is 5.75 Å². The molecule has 0 aliphatic heterocycles. The van der Waals surface area contributed by atoms with E-state index < -0.39 is 6.10 Å². The van der Waals surface area contributed by atoms with Crippen LogP contribution in [0.25, 0.3) is 0 Å². The number of aliphatic hydroxyl groups excluding tert-OH is 1. The minimum atomic E-state index is -0.543. The Morgan fingerprint density at radius 3 is 2.31 bits per heavy atom. The molecule has 1 rings (SSSR count). The fourth-order valence-electron chi connectivity index (χ4n) is 1.10. The number of phenolic OH excluding ortho intramolecular Hbond substituents is 1. The summed E-state index contributed by atoms with van der Waals surface area (Å²) in [4.78, 5) is 0. The molecule has 0 heterocycles. The van der Waals surface area contributed by atoms with Crippen molar-refractivity contribution in [3.05, 3.63) is 42.5 Å². The Morgan fingerprint density at radius 2 is 1.85 bits per heavy atom. The lowest BCUT2D eigenvalue weighted by molar-refractivity contribution is 0.140. The third-order valence-corrected chi connectivity index (χ3v) is 2.10. The van der Waals surface area contributed by atoms with Crippen LogP contribution in [-0.2, 0) is 0 Å². The third kappa shape index (κ3) is 2.33. The molecule has 2 atom stereocenters. The van der Waals surface area contributed by atoms with Crippen molar-refractivity contribution in [2.75, 3.05) is 0 Å². The monoisotopic (exact) mass is 178 g/mol. The highest BCUT2D eigenvalue weighted by Crippen LogP contribution is 2.23. The van der Waals surface area contributed by atoms with Gasteiger partial charge < -0.3 is 10.2 Å². The van der Waals surface area contributed by atoms with Gasteiger partial charge in [0, 0.05) is 5.92 Å². The van der Waals surface area contributed by atoms with Crippen molar-refractivity contribution >= 4 is 0 Å². The summed E-state index contributed by atoms with van der Waals surface area (Å²) >= 11 is 0. The van der Waals surface area contributed by atoms with E-state index in [-0.39, 0.29) is 11.7 Å². The van der Waals surface area contributed by atoms with E-state index in [0.29, 0.717) is 0 Å². The lowest BCUT2D eigenvalue weighted by atomic mass is 9.98. The van der Waals surface area contributed by atoms with Crippen molar-refractivity contribution in [1.82, 2.24) is 0 Å². The van der Waals surface area contributed by atoms with Crippen LogP contribution in [0, 0.1) is 5.92 Å². The molecule has 1 aromatic carbocycles. The first kappa shape index (κ1) is 9.81. The Hall–Kier alpha value is -1.28. The highest BCUT2D eigenvalue weighted by molar-refractivity contribution is 5.27. The predicted octanol–water partition coefficient (Wildman–Crippen LogP) is 2.25. The number of hydrogen-bond acceptors (Lipinski definition) is 2. The molecule has 0 spiro atoms. The van der Waals surface area contributed by atoms with E-state index in [1.165, 1.54) is 0 Å². The molecule has 2 N–H and O–H groups in total. The summed E-state index contributed by atoms with van der Waals surface area (Å²) in [5, 5.41) is 18.8. The van der Waals surface area contributed by atoms with Gasteiger partial charge in [-0.25, -0.2) is 0 Å². The number of hydrogen-bond donors (Lipinski definition) is 2. The van der Waals surface area contributed by atoms with Crippen LogP contribution in [0.15, 0.2) is 36.9 Å². The molecule has 0 aliphatic carbocycles. The van der Waals surface area contributed by atoms with Gasteiger partial charge in [-0.15, -0.1) is 6.58 Å². The Kier molecular flexibility index (Phi) is 3.09. The molecule has 0 saturated heterocycles. The molecular formula is C11H14O2. The number of aliphatic hydroxyl groups is 1. The first-order valence-corrected chi connectivity index (χ1v) is 4.24. The van der Waals surface area contributed by atoms with E-state index in [1.54, 1.807) is 30.3 Å². The topological polar surface area (TPSA) is 40.5 Å². The highest BCUT2D eigenvalue weighted by Gasteiger charge is 2.12. The Morgan fingerprint density at radius 1 is 1.31 bits per heavy atom. The minimum Gasteiger partial charge on any atom is -0.508 e. The molecule has 1 aromatic rings. The second-order valence-electron chi connectivity index (χ2n) is 3.13. The van der Waals surface area contributed by atoms with Crippen molar-refractivity contribution < 1.29 is 10.2 Å². The van der Waals surface area contributed by atoms with Gasteiger partial charge >= 0.3 is 0 Å². The van der Waals surface area contributed by atoms with Gasteiger partial charge in [0.1, 0.15) is 5.75 Å². The molecule has 0 aromatic heterocycles. The van der Waals surface area contributed by atoms with Gasteiger partial charge in [0.05, 0.1) is 6.10 Å². The first-order chi connectivity index (χ1) is 6.15. The van der Waals surface area contributed by atoms with E-state index in [2.05, 4.69) is 6.58 Å². The zero-order valence-electron chi connectivity index (χ0n) is 7.64. The lowest BCUT2D eigenvalue weighted by Gasteiger charge is -2.15. The van der Waals surface area contributed by atoms with Crippen LogP contribution < -0.4 is 0 Å². The summed E-state index contributed by atoms with van der Waals surface area (Å²) < 4.78 is 0. The Balaban J connectivity index is 2.82. The van der Waals surface area contributed by atoms with Gasteiger partial charge in [0.2, 0.25) is 0 Å². The summed E-state index contributed by atoms with van der Waals surface area (Å²) in [7, 11) is 0. The highest BCUT2D eigenvalue weighted by atomic mass is 16.3. The molecule has 2 heteroatoms. The summed E-state index contributed by atoms with van der Waals surface area (Å²) in [6.07, 6.45) is 1.16. The first-order valence-electron chi connectivity index (χ1n) is 4.24. The molecule has 0 amide bonds. The molecule has 0 fully saturated rings. The van der Waals surface area contributed by atoms with Gasteiger partial charge in [-0.3, -0.25) is 0 Å². The molecule has 2 nitrogen and oxygen atoms in total. The van der Waals surface area contributed by atoms with E-state index >= 15 is 0 Å². The predicted molar refractivity (Wildman–Crippen MR) is 52.4 cm³/mol. The quantitative estimate of drug-likeness (QED) is 0.697. The maximum Gasteiger partial charge on any atom is 0.115 e. The number of aromatic hydroxyl groups is 1. The fraction of sp³-hybridized carbons (Fsp3) is 0.273. The van der Waals surface area contributed by atoms with Crippen molar-refractivity contribution in [2.24, 2.45) is 5.92 Å². The number of phenols is 1. The average Bonchev–Trinajstić information content (AvgIpc) is 2.17. The molecule has 2 unspecified atom stereocenters. The Labute approximate surface area is 78.2 Å².